The highest BCUT2D eigenvalue weighted by Crippen LogP contribution is 2.16. The van der Waals surface area contributed by atoms with Gasteiger partial charge in [-0.05, 0) is 48.9 Å². The fourth-order valence-electron chi connectivity index (χ4n) is 2.95. The third-order valence-electron chi connectivity index (χ3n) is 4.30. The van der Waals surface area contributed by atoms with Gasteiger partial charge in [0.15, 0.2) is 5.65 Å². The number of carbonyl (C=O) groups is 1. The maximum atomic E-state index is 12.7. The highest BCUT2D eigenvalue weighted by Gasteiger charge is 2.13. The molecule has 1 N–H and O–H groups in total. The van der Waals surface area contributed by atoms with E-state index in [0.29, 0.717) is 23.4 Å². The second-order valence-electron chi connectivity index (χ2n) is 6.32. The molecular weight excluding hydrogens is 354 g/mol. The predicted octanol–water partition coefficient (Wildman–Crippen LogP) is 2.39. The smallest absolute Gasteiger partial charge is 0.258 e. The molecule has 0 unspecified atom stereocenters. The zero-order valence-corrected chi connectivity index (χ0v) is 15.2. The van der Waals surface area contributed by atoms with Crippen molar-refractivity contribution in [1.82, 2.24) is 24.7 Å². The van der Waals surface area contributed by atoms with E-state index < -0.39 is 0 Å². The average molecular weight is 371 g/mol. The number of aryl methyl sites for hydroxylation is 1. The van der Waals surface area contributed by atoms with Gasteiger partial charge in [0, 0.05) is 48.7 Å². The molecule has 4 rings (SSSR count). The quantitative estimate of drug-likeness (QED) is 0.595. The van der Waals surface area contributed by atoms with Crippen LogP contribution in [0.2, 0.25) is 0 Å². The monoisotopic (exact) mass is 371 g/mol. The minimum Gasteiger partial charge on any atom is -0.348 e. The van der Waals surface area contributed by atoms with E-state index >= 15 is 0 Å². The van der Waals surface area contributed by atoms with Gasteiger partial charge in [-0.2, -0.15) is 0 Å². The van der Waals surface area contributed by atoms with E-state index in [-0.39, 0.29) is 11.5 Å². The molecule has 0 aliphatic carbocycles. The van der Waals surface area contributed by atoms with Gasteiger partial charge in [-0.3, -0.25) is 24.0 Å². The largest absolute Gasteiger partial charge is 0.348 e. The molecule has 7 nitrogen and oxygen atoms in total. The first-order valence-corrected chi connectivity index (χ1v) is 8.74. The third kappa shape index (κ3) is 3.50. The fraction of sp³-hybridized carbons (Fsp3) is 0.0952. The van der Waals surface area contributed by atoms with E-state index in [1.807, 2.05) is 24.3 Å². The molecule has 0 radical (unpaired) electrons. The minimum atomic E-state index is -0.296. The minimum absolute atomic E-state index is 0.215. The van der Waals surface area contributed by atoms with E-state index in [4.69, 9.17) is 0 Å². The number of hydrogen-bond acceptors (Lipinski definition) is 5. The van der Waals surface area contributed by atoms with Crippen molar-refractivity contribution in [3.63, 3.8) is 0 Å². The maximum Gasteiger partial charge on any atom is 0.258 e. The Labute approximate surface area is 160 Å². The molecule has 0 saturated heterocycles. The molecule has 4 aromatic heterocycles. The van der Waals surface area contributed by atoms with Crippen molar-refractivity contribution < 1.29 is 4.79 Å². The summed E-state index contributed by atoms with van der Waals surface area (Å²) < 4.78 is 1.37. The van der Waals surface area contributed by atoms with Crippen LogP contribution in [0.1, 0.15) is 21.6 Å². The van der Waals surface area contributed by atoms with Crippen molar-refractivity contribution in [2.75, 3.05) is 0 Å². The molecule has 138 valence electrons. The first-order chi connectivity index (χ1) is 13.6. The standard InChI is InChI=1S/C21H17N5O2/c1-14-10-19(27)26-9-3-5-17(20(26)25-14)21(28)24-12-15-6-8-23-18(11-15)16-4-2-7-22-13-16/h2-11,13H,12H2,1H3,(H,24,28). The lowest BCUT2D eigenvalue weighted by molar-refractivity contribution is 0.0952. The summed E-state index contributed by atoms with van der Waals surface area (Å²) in [7, 11) is 0. The van der Waals surface area contributed by atoms with Crippen LogP contribution in [-0.2, 0) is 6.54 Å². The number of nitrogens with zero attached hydrogens (tertiary/aromatic N) is 4. The summed E-state index contributed by atoms with van der Waals surface area (Å²) in [6, 6.07) is 12.3. The van der Waals surface area contributed by atoms with Gasteiger partial charge in [-0.15, -0.1) is 0 Å². The van der Waals surface area contributed by atoms with Gasteiger partial charge in [0.25, 0.3) is 11.5 Å². The highest BCUT2D eigenvalue weighted by molar-refractivity contribution is 5.99. The molecule has 4 aromatic rings. The maximum absolute atomic E-state index is 12.7. The SMILES string of the molecule is Cc1cc(=O)n2cccc(C(=O)NCc3ccnc(-c4cccnc4)c3)c2n1. The zero-order valence-electron chi connectivity index (χ0n) is 15.2. The molecule has 0 aromatic carbocycles. The Kier molecular flexibility index (Phi) is 4.63. The Morgan fingerprint density at radius 1 is 1.14 bits per heavy atom. The van der Waals surface area contributed by atoms with Crippen molar-refractivity contribution in [2.24, 2.45) is 0 Å². The molecule has 0 bridgehead atoms. The van der Waals surface area contributed by atoms with E-state index in [9.17, 15) is 9.59 Å². The number of carbonyl (C=O) groups excluding carboxylic acids is 1. The van der Waals surface area contributed by atoms with Gasteiger partial charge in [-0.1, -0.05) is 0 Å². The summed E-state index contributed by atoms with van der Waals surface area (Å²) in [4.78, 5) is 37.6. The van der Waals surface area contributed by atoms with E-state index in [0.717, 1.165) is 16.8 Å². The Morgan fingerprint density at radius 2 is 2.04 bits per heavy atom. The summed E-state index contributed by atoms with van der Waals surface area (Å²) in [5.41, 5.74) is 3.65. The van der Waals surface area contributed by atoms with Crippen LogP contribution in [0.3, 0.4) is 0 Å². The van der Waals surface area contributed by atoms with Crippen LogP contribution in [0.4, 0.5) is 0 Å². The van der Waals surface area contributed by atoms with Crippen molar-refractivity contribution in [3.8, 4) is 11.3 Å². The molecule has 0 fully saturated rings. The summed E-state index contributed by atoms with van der Waals surface area (Å²) in [6.07, 6.45) is 6.75. The van der Waals surface area contributed by atoms with Gasteiger partial charge in [0.2, 0.25) is 0 Å². The molecule has 4 heterocycles. The number of rotatable bonds is 4. The summed E-state index contributed by atoms with van der Waals surface area (Å²) in [5, 5.41) is 2.89. The molecular formula is C21H17N5O2. The second kappa shape index (κ2) is 7.40. The van der Waals surface area contributed by atoms with Crippen molar-refractivity contribution in [3.05, 3.63) is 94.4 Å². The van der Waals surface area contributed by atoms with Gasteiger partial charge < -0.3 is 5.32 Å². The number of aromatic nitrogens is 4. The molecule has 7 heteroatoms. The Bertz CT molecular complexity index is 1220. The number of hydrogen-bond donors (Lipinski definition) is 1. The molecule has 0 aliphatic rings. The van der Waals surface area contributed by atoms with Gasteiger partial charge in [0.1, 0.15) is 0 Å². The summed E-state index contributed by atoms with van der Waals surface area (Å²) >= 11 is 0. The first kappa shape index (κ1) is 17.5. The lowest BCUT2D eigenvalue weighted by atomic mass is 10.1. The lowest BCUT2D eigenvalue weighted by Gasteiger charge is -2.09. The molecule has 0 saturated carbocycles. The van der Waals surface area contributed by atoms with Crippen LogP contribution >= 0.6 is 0 Å². The average Bonchev–Trinajstić information content (AvgIpc) is 2.72. The fourth-order valence-corrected chi connectivity index (χ4v) is 2.95. The number of amides is 1. The normalized spacial score (nSPS) is 10.8. The number of fused-ring (bicyclic) bond motifs is 1. The number of pyridine rings is 3. The highest BCUT2D eigenvalue weighted by atomic mass is 16.1. The van der Waals surface area contributed by atoms with Crippen molar-refractivity contribution in [2.45, 2.75) is 13.5 Å². The van der Waals surface area contributed by atoms with E-state index in [2.05, 4.69) is 20.3 Å². The molecule has 0 spiro atoms. The van der Waals surface area contributed by atoms with Gasteiger partial charge in [-0.25, -0.2) is 4.98 Å². The topological polar surface area (TPSA) is 89.2 Å². The van der Waals surface area contributed by atoms with E-state index in [1.54, 1.807) is 43.8 Å². The van der Waals surface area contributed by atoms with Crippen LogP contribution < -0.4 is 10.9 Å². The van der Waals surface area contributed by atoms with Crippen LogP contribution in [-0.4, -0.2) is 25.3 Å². The van der Waals surface area contributed by atoms with Crippen molar-refractivity contribution in [1.29, 1.82) is 0 Å². The van der Waals surface area contributed by atoms with Crippen LogP contribution in [0.5, 0.6) is 0 Å². The van der Waals surface area contributed by atoms with Gasteiger partial charge in [0.05, 0.1) is 11.3 Å². The summed E-state index contributed by atoms with van der Waals surface area (Å²) in [6.45, 7) is 2.05. The first-order valence-electron chi connectivity index (χ1n) is 8.74. The molecule has 28 heavy (non-hydrogen) atoms. The Balaban J connectivity index is 1.58. The van der Waals surface area contributed by atoms with Crippen molar-refractivity contribution >= 4 is 11.6 Å². The van der Waals surface area contributed by atoms with E-state index in [1.165, 1.54) is 10.5 Å². The lowest BCUT2D eigenvalue weighted by Crippen LogP contribution is -2.25. The summed E-state index contributed by atoms with van der Waals surface area (Å²) in [5.74, 6) is -0.296. The second-order valence-corrected chi connectivity index (χ2v) is 6.32. The molecule has 0 aliphatic heterocycles. The number of nitrogens with one attached hydrogen (secondary N) is 1. The zero-order chi connectivity index (χ0) is 19.5. The third-order valence-corrected chi connectivity index (χ3v) is 4.30. The molecule has 0 atom stereocenters. The molecule has 1 amide bonds. The van der Waals surface area contributed by atoms with Gasteiger partial charge >= 0.3 is 0 Å². The van der Waals surface area contributed by atoms with Crippen LogP contribution in [0, 0.1) is 6.92 Å². The van der Waals surface area contributed by atoms with Crippen LogP contribution in [0.15, 0.2) is 72.0 Å². The van der Waals surface area contributed by atoms with Crippen LogP contribution in [0.25, 0.3) is 16.9 Å². The Morgan fingerprint density at radius 3 is 2.86 bits per heavy atom. The predicted molar refractivity (Wildman–Crippen MR) is 105 cm³/mol. The Hall–Kier alpha value is -3.87.